The molecule has 0 unspecified atom stereocenters. The molecule has 16 heavy (non-hydrogen) atoms. The average molecular weight is 231 g/mol. The Morgan fingerprint density at radius 2 is 2.38 bits per heavy atom. The lowest BCUT2D eigenvalue weighted by molar-refractivity contribution is 0.935. The largest absolute Gasteiger partial charge is 0.364 e. The smallest absolute Gasteiger partial charge is 0.157 e. The predicted molar refractivity (Wildman–Crippen MR) is 62.4 cm³/mol. The van der Waals surface area contributed by atoms with Crippen LogP contribution in [-0.4, -0.2) is 19.6 Å². The zero-order valence-corrected chi connectivity index (χ0v) is 9.18. The minimum Gasteiger partial charge on any atom is -0.364 e. The quantitative estimate of drug-likeness (QED) is 0.746. The topological polar surface area (TPSA) is 55.1 Å². The Kier molecular flexibility index (Phi) is 2.26. The van der Waals surface area contributed by atoms with Gasteiger partial charge >= 0.3 is 0 Å². The van der Waals surface area contributed by atoms with Crippen molar-refractivity contribution in [3.05, 3.63) is 41.1 Å². The summed E-state index contributed by atoms with van der Waals surface area (Å²) in [4.78, 5) is 8.59. The van der Waals surface area contributed by atoms with E-state index in [1.165, 1.54) is 0 Å². The van der Waals surface area contributed by atoms with Gasteiger partial charge in [0.1, 0.15) is 5.82 Å². The monoisotopic (exact) mass is 231 g/mol. The van der Waals surface area contributed by atoms with Crippen LogP contribution in [0.15, 0.2) is 35.4 Å². The molecule has 0 spiro atoms. The highest BCUT2D eigenvalue weighted by atomic mass is 32.1. The Labute approximate surface area is 95.8 Å². The second-order valence-corrected chi connectivity index (χ2v) is 4.00. The highest BCUT2D eigenvalue weighted by Gasteiger charge is 1.99. The van der Waals surface area contributed by atoms with E-state index in [0.717, 1.165) is 17.2 Å². The molecule has 0 amide bonds. The van der Waals surface area contributed by atoms with Crippen LogP contribution in [0.1, 0.15) is 5.69 Å². The normalized spacial score (nSPS) is 10.8. The van der Waals surface area contributed by atoms with Crippen LogP contribution >= 0.6 is 11.3 Å². The minimum atomic E-state index is 0.695. The van der Waals surface area contributed by atoms with Crippen molar-refractivity contribution < 1.29 is 0 Å². The number of hydrogen-bond donors (Lipinski definition) is 1. The highest BCUT2D eigenvalue weighted by molar-refractivity contribution is 7.07. The molecule has 0 aromatic carbocycles. The van der Waals surface area contributed by atoms with E-state index >= 15 is 0 Å². The van der Waals surface area contributed by atoms with E-state index in [1.54, 1.807) is 22.0 Å². The van der Waals surface area contributed by atoms with Crippen molar-refractivity contribution in [2.45, 2.75) is 6.54 Å². The number of anilines is 1. The fourth-order valence-electron chi connectivity index (χ4n) is 1.42. The first-order valence-corrected chi connectivity index (χ1v) is 5.77. The summed E-state index contributed by atoms with van der Waals surface area (Å²) >= 11 is 1.59. The molecule has 0 bridgehead atoms. The van der Waals surface area contributed by atoms with Crippen molar-refractivity contribution in [2.24, 2.45) is 0 Å². The summed E-state index contributed by atoms with van der Waals surface area (Å²) in [6, 6.07) is 3.76. The van der Waals surface area contributed by atoms with Gasteiger partial charge in [0.2, 0.25) is 0 Å². The molecule has 3 rings (SSSR count). The molecule has 0 aliphatic rings. The van der Waals surface area contributed by atoms with Crippen LogP contribution in [-0.2, 0) is 6.54 Å². The molecule has 0 saturated heterocycles. The first-order chi connectivity index (χ1) is 7.92. The molecule has 80 valence electrons. The van der Waals surface area contributed by atoms with E-state index in [-0.39, 0.29) is 0 Å². The molecule has 0 aliphatic heterocycles. The summed E-state index contributed by atoms with van der Waals surface area (Å²) < 4.78 is 1.73. The number of aromatic nitrogens is 4. The Bertz CT molecular complexity index is 586. The van der Waals surface area contributed by atoms with Gasteiger partial charge in [-0.2, -0.15) is 5.10 Å². The van der Waals surface area contributed by atoms with Gasteiger partial charge in [0.05, 0.1) is 23.9 Å². The van der Waals surface area contributed by atoms with Crippen molar-refractivity contribution >= 4 is 22.8 Å². The van der Waals surface area contributed by atoms with Gasteiger partial charge in [-0.3, -0.25) is 0 Å². The van der Waals surface area contributed by atoms with Gasteiger partial charge in [0, 0.05) is 17.6 Å². The predicted octanol–water partition coefficient (Wildman–Crippen LogP) is 1.80. The van der Waals surface area contributed by atoms with Crippen LogP contribution in [0.2, 0.25) is 0 Å². The molecule has 5 nitrogen and oxygen atoms in total. The fraction of sp³-hybridized carbons (Fsp3) is 0.100. The lowest BCUT2D eigenvalue weighted by atomic mass is 10.4. The van der Waals surface area contributed by atoms with Crippen molar-refractivity contribution in [2.75, 3.05) is 5.32 Å². The first-order valence-electron chi connectivity index (χ1n) is 4.83. The Morgan fingerprint density at radius 3 is 3.25 bits per heavy atom. The van der Waals surface area contributed by atoms with E-state index in [2.05, 4.69) is 20.4 Å². The third-order valence-corrected chi connectivity index (χ3v) is 2.83. The molecule has 0 saturated carbocycles. The van der Waals surface area contributed by atoms with Gasteiger partial charge in [-0.15, -0.1) is 11.3 Å². The summed E-state index contributed by atoms with van der Waals surface area (Å²) in [7, 11) is 0. The summed E-state index contributed by atoms with van der Waals surface area (Å²) in [6.07, 6.45) is 3.61. The lowest BCUT2D eigenvalue weighted by Crippen LogP contribution is -2.02. The van der Waals surface area contributed by atoms with Crippen molar-refractivity contribution in [3.63, 3.8) is 0 Å². The molecule has 0 fully saturated rings. The molecule has 3 aromatic heterocycles. The molecule has 3 heterocycles. The van der Waals surface area contributed by atoms with E-state index < -0.39 is 0 Å². The summed E-state index contributed by atoms with van der Waals surface area (Å²) in [5.74, 6) is 0.834. The van der Waals surface area contributed by atoms with E-state index in [0.29, 0.717) is 6.54 Å². The standard InChI is InChI=1S/C10H9N5S/c1-3-13-15-4-2-9(14-10(1)15)11-5-8-6-16-7-12-8/h1-4,6-7H,5H2,(H,11,14). The van der Waals surface area contributed by atoms with E-state index in [4.69, 9.17) is 0 Å². The minimum absolute atomic E-state index is 0.695. The molecule has 0 radical (unpaired) electrons. The van der Waals surface area contributed by atoms with Crippen LogP contribution in [0.3, 0.4) is 0 Å². The third-order valence-electron chi connectivity index (χ3n) is 2.19. The maximum Gasteiger partial charge on any atom is 0.157 e. The van der Waals surface area contributed by atoms with Crippen molar-refractivity contribution in [3.8, 4) is 0 Å². The fourth-order valence-corrected chi connectivity index (χ4v) is 1.98. The molecular formula is C10H9N5S. The summed E-state index contributed by atoms with van der Waals surface area (Å²) in [6.45, 7) is 0.695. The molecular weight excluding hydrogens is 222 g/mol. The van der Waals surface area contributed by atoms with Crippen LogP contribution in [0.25, 0.3) is 5.65 Å². The summed E-state index contributed by atoms with van der Waals surface area (Å²) in [5, 5.41) is 9.32. The number of nitrogens with zero attached hydrogens (tertiary/aromatic N) is 4. The summed E-state index contributed by atoms with van der Waals surface area (Å²) in [5.41, 5.74) is 3.69. The number of rotatable bonds is 3. The first kappa shape index (κ1) is 9.29. The number of nitrogens with one attached hydrogen (secondary N) is 1. The Morgan fingerprint density at radius 1 is 1.38 bits per heavy atom. The van der Waals surface area contributed by atoms with Gasteiger partial charge < -0.3 is 5.32 Å². The van der Waals surface area contributed by atoms with Gasteiger partial charge in [-0.05, 0) is 6.07 Å². The van der Waals surface area contributed by atoms with Crippen molar-refractivity contribution in [1.82, 2.24) is 19.6 Å². The van der Waals surface area contributed by atoms with E-state index in [9.17, 15) is 0 Å². The Balaban J connectivity index is 1.78. The van der Waals surface area contributed by atoms with Crippen LogP contribution in [0.5, 0.6) is 0 Å². The maximum absolute atomic E-state index is 4.40. The second-order valence-electron chi connectivity index (χ2n) is 3.28. The molecule has 1 N–H and O–H groups in total. The van der Waals surface area contributed by atoms with Crippen LogP contribution in [0, 0.1) is 0 Å². The zero-order valence-electron chi connectivity index (χ0n) is 8.37. The number of thiazole rings is 1. The molecule has 3 aromatic rings. The highest BCUT2D eigenvalue weighted by Crippen LogP contribution is 2.08. The van der Waals surface area contributed by atoms with Crippen molar-refractivity contribution in [1.29, 1.82) is 0 Å². The van der Waals surface area contributed by atoms with Crippen LogP contribution in [0.4, 0.5) is 5.82 Å². The third kappa shape index (κ3) is 1.74. The van der Waals surface area contributed by atoms with E-state index in [1.807, 2.05) is 29.2 Å². The number of fused-ring (bicyclic) bond motifs is 1. The zero-order chi connectivity index (χ0) is 10.8. The SMILES string of the molecule is c1cc2nc(NCc3cscn3)ccn2n1. The van der Waals surface area contributed by atoms with Gasteiger partial charge in [0.25, 0.3) is 0 Å². The van der Waals surface area contributed by atoms with Gasteiger partial charge in [0.15, 0.2) is 5.65 Å². The maximum atomic E-state index is 4.40. The molecule has 0 atom stereocenters. The van der Waals surface area contributed by atoms with Gasteiger partial charge in [-0.1, -0.05) is 0 Å². The number of hydrogen-bond acceptors (Lipinski definition) is 5. The average Bonchev–Trinajstić information content (AvgIpc) is 2.97. The molecule has 6 heteroatoms. The second kappa shape index (κ2) is 3.90. The lowest BCUT2D eigenvalue weighted by Gasteiger charge is -2.03. The Hall–Kier alpha value is -1.95. The molecule has 0 aliphatic carbocycles. The van der Waals surface area contributed by atoms with Crippen LogP contribution < -0.4 is 5.32 Å². The van der Waals surface area contributed by atoms with Gasteiger partial charge in [-0.25, -0.2) is 14.5 Å².